The summed E-state index contributed by atoms with van der Waals surface area (Å²) in [5.74, 6) is -2.25. The zero-order valence-electron chi connectivity index (χ0n) is 9.84. The van der Waals surface area contributed by atoms with Gasteiger partial charge in [-0.25, -0.2) is 4.79 Å². The summed E-state index contributed by atoms with van der Waals surface area (Å²) in [6.07, 6.45) is 0.727. The second-order valence-electron chi connectivity index (χ2n) is 4.19. The maximum absolute atomic E-state index is 11.8. The van der Waals surface area contributed by atoms with E-state index in [1.807, 2.05) is 0 Å². The first-order valence-electron chi connectivity index (χ1n) is 5.64. The first-order valence-corrected chi connectivity index (χ1v) is 5.64. The van der Waals surface area contributed by atoms with Crippen molar-refractivity contribution in [3.8, 4) is 5.75 Å². The second kappa shape index (κ2) is 4.97. The van der Waals surface area contributed by atoms with Crippen molar-refractivity contribution in [1.29, 1.82) is 0 Å². The van der Waals surface area contributed by atoms with E-state index in [0.717, 1.165) is 6.07 Å². The molecule has 0 radical (unpaired) electrons. The molecule has 1 aromatic rings. The van der Waals surface area contributed by atoms with Crippen molar-refractivity contribution >= 4 is 23.5 Å². The number of aromatic hydroxyl groups is 1. The Bertz CT molecular complexity index is 555. The third-order valence-electron chi connectivity index (χ3n) is 2.81. The van der Waals surface area contributed by atoms with Crippen LogP contribution < -0.4 is 10.6 Å². The standard InChI is InChI=1S/C12H12N2O5/c15-9-5-6(1-2-7(9)12(18)19)13-11(17)8-3-4-10(16)14-8/h1-2,5,8,15H,3-4H2,(H,13,17)(H,14,16)(H,18,19)/t8-/m1/s1. The Hall–Kier alpha value is -2.57. The molecule has 1 fully saturated rings. The lowest BCUT2D eigenvalue weighted by Crippen LogP contribution is -2.37. The highest BCUT2D eigenvalue weighted by Gasteiger charge is 2.27. The maximum atomic E-state index is 11.8. The van der Waals surface area contributed by atoms with Gasteiger partial charge in [-0.05, 0) is 18.6 Å². The highest BCUT2D eigenvalue weighted by Crippen LogP contribution is 2.22. The van der Waals surface area contributed by atoms with Crippen molar-refractivity contribution in [2.45, 2.75) is 18.9 Å². The third-order valence-corrected chi connectivity index (χ3v) is 2.81. The van der Waals surface area contributed by atoms with Crippen LogP contribution in [0.3, 0.4) is 0 Å². The Morgan fingerprint density at radius 1 is 1.37 bits per heavy atom. The molecule has 1 atom stereocenters. The van der Waals surface area contributed by atoms with E-state index in [4.69, 9.17) is 5.11 Å². The van der Waals surface area contributed by atoms with Crippen LogP contribution in [0, 0.1) is 0 Å². The second-order valence-corrected chi connectivity index (χ2v) is 4.19. The predicted octanol–water partition coefficient (Wildman–Crippen LogP) is 0.308. The number of anilines is 1. The Morgan fingerprint density at radius 3 is 2.63 bits per heavy atom. The van der Waals surface area contributed by atoms with Gasteiger partial charge in [0.1, 0.15) is 17.4 Å². The summed E-state index contributed by atoms with van der Waals surface area (Å²) in [6, 6.07) is 3.13. The first kappa shape index (κ1) is 12.9. The lowest BCUT2D eigenvalue weighted by atomic mass is 10.1. The number of phenols is 1. The number of benzene rings is 1. The van der Waals surface area contributed by atoms with Gasteiger partial charge in [-0.1, -0.05) is 0 Å². The van der Waals surface area contributed by atoms with Gasteiger partial charge >= 0.3 is 5.97 Å². The zero-order chi connectivity index (χ0) is 14.0. The summed E-state index contributed by atoms with van der Waals surface area (Å²) in [5, 5.41) is 23.2. The van der Waals surface area contributed by atoms with E-state index in [1.54, 1.807) is 0 Å². The molecule has 0 aliphatic carbocycles. The molecular weight excluding hydrogens is 252 g/mol. The van der Waals surface area contributed by atoms with E-state index in [2.05, 4.69) is 10.6 Å². The Labute approximate surface area is 108 Å². The molecule has 0 bridgehead atoms. The molecule has 2 amide bonds. The van der Waals surface area contributed by atoms with Crippen molar-refractivity contribution in [3.05, 3.63) is 23.8 Å². The summed E-state index contributed by atoms with van der Waals surface area (Å²) < 4.78 is 0. The van der Waals surface area contributed by atoms with Gasteiger partial charge in [-0.3, -0.25) is 9.59 Å². The molecule has 0 saturated carbocycles. The molecule has 7 heteroatoms. The number of aromatic carboxylic acids is 1. The number of hydrogen-bond acceptors (Lipinski definition) is 4. The topological polar surface area (TPSA) is 116 Å². The Morgan fingerprint density at radius 2 is 2.11 bits per heavy atom. The summed E-state index contributed by atoms with van der Waals surface area (Å²) in [6.45, 7) is 0. The molecule has 0 spiro atoms. The quantitative estimate of drug-likeness (QED) is 0.627. The number of amides is 2. The average molecular weight is 264 g/mol. The highest BCUT2D eigenvalue weighted by atomic mass is 16.4. The van der Waals surface area contributed by atoms with Crippen molar-refractivity contribution in [3.63, 3.8) is 0 Å². The van der Waals surface area contributed by atoms with Crippen LogP contribution >= 0.6 is 0 Å². The molecule has 1 heterocycles. The smallest absolute Gasteiger partial charge is 0.339 e. The van der Waals surface area contributed by atoms with Crippen molar-refractivity contribution < 1.29 is 24.6 Å². The number of rotatable bonds is 3. The third kappa shape index (κ3) is 2.82. The van der Waals surface area contributed by atoms with Gasteiger partial charge in [0.05, 0.1) is 0 Å². The van der Waals surface area contributed by atoms with Crippen LogP contribution in [0.1, 0.15) is 23.2 Å². The van der Waals surface area contributed by atoms with Gasteiger partial charge in [-0.15, -0.1) is 0 Å². The first-order chi connectivity index (χ1) is 8.97. The Balaban J connectivity index is 2.07. The number of carboxylic acid groups (broad SMARTS) is 1. The summed E-state index contributed by atoms with van der Waals surface area (Å²) in [7, 11) is 0. The molecule has 1 saturated heterocycles. The zero-order valence-corrected chi connectivity index (χ0v) is 9.84. The molecule has 1 aliphatic heterocycles. The fraction of sp³-hybridized carbons (Fsp3) is 0.250. The van der Waals surface area contributed by atoms with Crippen molar-refractivity contribution in [2.75, 3.05) is 5.32 Å². The van der Waals surface area contributed by atoms with Gasteiger partial charge in [-0.2, -0.15) is 0 Å². The van der Waals surface area contributed by atoms with E-state index in [9.17, 15) is 19.5 Å². The van der Waals surface area contributed by atoms with Crippen LogP contribution in [-0.2, 0) is 9.59 Å². The molecule has 1 aliphatic rings. The summed E-state index contributed by atoms with van der Waals surface area (Å²) >= 11 is 0. The van der Waals surface area contributed by atoms with Crippen LogP contribution in [-0.4, -0.2) is 34.0 Å². The van der Waals surface area contributed by atoms with E-state index in [0.29, 0.717) is 12.8 Å². The van der Waals surface area contributed by atoms with E-state index in [-0.39, 0.29) is 17.2 Å². The SMILES string of the molecule is O=C1CC[C@H](C(=O)Nc2ccc(C(=O)O)c(O)c2)N1. The van der Waals surface area contributed by atoms with Crippen LogP contribution in [0.5, 0.6) is 5.75 Å². The van der Waals surface area contributed by atoms with Gasteiger partial charge in [0.15, 0.2) is 0 Å². The predicted molar refractivity (Wildman–Crippen MR) is 64.9 cm³/mol. The van der Waals surface area contributed by atoms with Crippen molar-refractivity contribution in [1.82, 2.24) is 5.32 Å². The summed E-state index contributed by atoms with van der Waals surface area (Å²) in [4.78, 5) is 33.5. The molecule has 7 nitrogen and oxygen atoms in total. The van der Waals surface area contributed by atoms with Crippen LogP contribution in [0.2, 0.25) is 0 Å². The fourth-order valence-corrected chi connectivity index (χ4v) is 1.83. The molecule has 19 heavy (non-hydrogen) atoms. The number of nitrogens with one attached hydrogen (secondary N) is 2. The van der Waals surface area contributed by atoms with Crippen LogP contribution in [0.25, 0.3) is 0 Å². The van der Waals surface area contributed by atoms with E-state index in [1.165, 1.54) is 12.1 Å². The van der Waals surface area contributed by atoms with Crippen LogP contribution in [0.15, 0.2) is 18.2 Å². The number of carbonyl (C=O) groups is 3. The largest absolute Gasteiger partial charge is 0.507 e. The molecular formula is C12H12N2O5. The minimum atomic E-state index is -1.25. The monoisotopic (exact) mass is 264 g/mol. The highest BCUT2D eigenvalue weighted by molar-refractivity contribution is 5.99. The van der Waals surface area contributed by atoms with Gasteiger partial charge < -0.3 is 20.8 Å². The number of hydrogen-bond donors (Lipinski definition) is 4. The number of carboxylic acids is 1. The minimum absolute atomic E-state index is 0.177. The molecule has 1 aromatic carbocycles. The summed E-state index contributed by atoms with van der Waals surface area (Å²) in [5.41, 5.74) is 0.0285. The molecule has 0 aromatic heterocycles. The van der Waals surface area contributed by atoms with Crippen LogP contribution in [0.4, 0.5) is 5.69 Å². The van der Waals surface area contributed by atoms with Crippen molar-refractivity contribution in [2.24, 2.45) is 0 Å². The van der Waals surface area contributed by atoms with E-state index >= 15 is 0 Å². The lowest BCUT2D eigenvalue weighted by molar-refractivity contribution is -0.122. The fourth-order valence-electron chi connectivity index (χ4n) is 1.83. The lowest BCUT2D eigenvalue weighted by Gasteiger charge is -2.11. The minimum Gasteiger partial charge on any atom is -0.507 e. The van der Waals surface area contributed by atoms with Gasteiger partial charge in [0.25, 0.3) is 0 Å². The van der Waals surface area contributed by atoms with Gasteiger partial charge in [0, 0.05) is 18.2 Å². The molecule has 4 N–H and O–H groups in total. The van der Waals surface area contributed by atoms with E-state index < -0.39 is 23.7 Å². The maximum Gasteiger partial charge on any atom is 0.339 e. The number of carbonyl (C=O) groups excluding carboxylic acids is 2. The molecule has 100 valence electrons. The molecule has 0 unspecified atom stereocenters. The molecule has 2 rings (SSSR count). The normalized spacial score (nSPS) is 17.9. The Kier molecular flexibility index (Phi) is 3.37. The van der Waals surface area contributed by atoms with Gasteiger partial charge in [0.2, 0.25) is 11.8 Å². The average Bonchev–Trinajstić information content (AvgIpc) is 2.75.